The first kappa shape index (κ1) is 17.5. The number of fused-ring (bicyclic) bond motifs is 1. The molecule has 1 aromatic heterocycles. The molecule has 5 nitrogen and oxygen atoms in total. The van der Waals surface area contributed by atoms with Crippen molar-refractivity contribution in [3.05, 3.63) is 35.1 Å². The van der Waals surface area contributed by atoms with E-state index in [1.807, 2.05) is 19.9 Å². The molecule has 1 aliphatic carbocycles. The molecule has 0 aliphatic heterocycles. The lowest BCUT2D eigenvalue weighted by Crippen LogP contribution is -2.39. The van der Waals surface area contributed by atoms with Gasteiger partial charge < -0.3 is 14.5 Å². The van der Waals surface area contributed by atoms with E-state index in [1.54, 1.807) is 6.26 Å². The largest absolute Gasteiger partial charge is 0.469 e. The Morgan fingerprint density at radius 2 is 1.92 bits per heavy atom. The summed E-state index contributed by atoms with van der Waals surface area (Å²) in [6.07, 6.45) is 5.17. The van der Waals surface area contributed by atoms with E-state index in [-0.39, 0.29) is 23.8 Å². The summed E-state index contributed by atoms with van der Waals surface area (Å²) in [5, 5.41) is 4.10. The molecule has 134 valence electrons. The number of methoxy groups -OCH3 is 1. The number of esters is 1. The quantitative estimate of drug-likeness (QED) is 0.864. The molecule has 0 radical (unpaired) electrons. The Balaban J connectivity index is 1.59. The molecule has 5 heteroatoms. The van der Waals surface area contributed by atoms with Crippen LogP contribution in [0, 0.1) is 19.8 Å². The van der Waals surface area contributed by atoms with E-state index in [4.69, 9.17) is 9.15 Å². The minimum atomic E-state index is -0.139. The number of aryl methyl sites for hydroxylation is 2. The van der Waals surface area contributed by atoms with Gasteiger partial charge in [0.25, 0.3) is 0 Å². The first-order chi connectivity index (χ1) is 12.0. The molecular weight excluding hydrogens is 318 g/mol. The van der Waals surface area contributed by atoms with E-state index in [1.165, 1.54) is 12.7 Å². The lowest BCUT2D eigenvalue weighted by atomic mass is 9.86. The number of hydrogen-bond acceptors (Lipinski definition) is 4. The molecule has 0 bridgehead atoms. The summed E-state index contributed by atoms with van der Waals surface area (Å²) < 4.78 is 10.5. The summed E-state index contributed by atoms with van der Waals surface area (Å²) >= 11 is 0. The van der Waals surface area contributed by atoms with Crippen molar-refractivity contribution in [2.45, 2.75) is 52.0 Å². The lowest BCUT2D eigenvalue weighted by molar-refractivity contribution is -0.146. The highest BCUT2D eigenvalue weighted by molar-refractivity contribution is 5.89. The summed E-state index contributed by atoms with van der Waals surface area (Å²) in [6.45, 7) is 4.08. The van der Waals surface area contributed by atoms with Gasteiger partial charge in [-0.15, -0.1) is 0 Å². The van der Waals surface area contributed by atoms with Crippen LogP contribution in [0.2, 0.25) is 0 Å². The minimum Gasteiger partial charge on any atom is -0.469 e. The van der Waals surface area contributed by atoms with Gasteiger partial charge in [-0.3, -0.25) is 9.59 Å². The third-order valence-corrected chi connectivity index (χ3v) is 5.32. The average molecular weight is 343 g/mol. The van der Waals surface area contributed by atoms with Crippen molar-refractivity contribution < 1.29 is 18.7 Å². The molecule has 25 heavy (non-hydrogen) atoms. The topological polar surface area (TPSA) is 68.5 Å². The first-order valence-corrected chi connectivity index (χ1v) is 8.83. The molecule has 1 saturated carbocycles. The van der Waals surface area contributed by atoms with Crippen LogP contribution in [-0.2, 0) is 20.7 Å². The van der Waals surface area contributed by atoms with E-state index in [2.05, 4.69) is 11.4 Å². The van der Waals surface area contributed by atoms with E-state index >= 15 is 0 Å². The van der Waals surface area contributed by atoms with E-state index in [0.29, 0.717) is 6.42 Å². The van der Waals surface area contributed by atoms with Crippen LogP contribution < -0.4 is 5.32 Å². The molecule has 1 amide bonds. The second kappa shape index (κ2) is 7.30. The summed E-state index contributed by atoms with van der Waals surface area (Å²) in [6, 6.07) is 4.21. The summed E-state index contributed by atoms with van der Waals surface area (Å²) in [4.78, 5) is 24.0. The molecule has 0 unspecified atom stereocenters. The first-order valence-electron chi connectivity index (χ1n) is 8.83. The van der Waals surface area contributed by atoms with Gasteiger partial charge in [0.1, 0.15) is 5.58 Å². The normalized spacial score (nSPS) is 20.4. The maximum absolute atomic E-state index is 12.4. The molecule has 3 rings (SSSR count). The Labute approximate surface area is 147 Å². The third kappa shape index (κ3) is 3.70. The van der Waals surface area contributed by atoms with Crippen molar-refractivity contribution >= 4 is 22.8 Å². The molecule has 0 spiro atoms. The predicted octanol–water partition coefficient (Wildman–Crippen LogP) is 3.44. The van der Waals surface area contributed by atoms with Gasteiger partial charge in [-0.25, -0.2) is 0 Å². The van der Waals surface area contributed by atoms with E-state index < -0.39 is 0 Å². The number of ether oxygens (including phenoxy) is 1. The standard InChI is InChI=1S/C20H25NO4/c1-12-4-9-17-15(11-25-19(17)13(12)2)10-18(22)21-16-7-5-14(6-8-16)20(23)24-3/h4,9,11,14,16H,5-8,10H2,1-3H3,(H,21,22). The van der Waals surface area contributed by atoms with Crippen molar-refractivity contribution in [1.82, 2.24) is 5.32 Å². The average Bonchev–Trinajstić information content (AvgIpc) is 3.01. The highest BCUT2D eigenvalue weighted by atomic mass is 16.5. The number of rotatable bonds is 4. The summed E-state index contributed by atoms with van der Waals surface area (Å²) in [5.41, 5.74) is 4.07. The number of benzene rings is 1. The minimum absolute atomic E-state index is 0.00226. The number of carbonyl (C=O) groups excluding carboxylic acids is 2. The fourth-order valence-corrected chi connectivity index (χ4v) is 3.62. The van der Waals surface area contributed by atoms with Gasteiger partial charge in [0.2, 0.25) is 5.91 Å². The van der Waals surface area contributed by atoms with Crippen LogP contribution in [0.25, 0.3) is 11.0 Å². The van der Waals surface area contributed by atoms with Crippen molar-refractivity contribution in [3.63, 3.8) is 0 Å². The lowest BCUT2D eigenvalue weighted by Gasteiger charge is -2.27. The Morgan fingerprint density at radius 3 is 2.60 bits per heavy atom. The molecule has 0 saturated heterocycles. The summed E-state index contributed by atoms with van der Waals surface area (Å²) in [5.74, 6) is -0.162. The van der Waals surface area contributed by atoms with Gasteiger partial charge in [-0.2, -0.15) is 0 Å². The zero-order valence-corrected chi connectivity index (χ0v) is 15.1. The molecular formula is C20H25NO4. The number of furan rings is 1. The van der Waals surface area contributed by atoms with Crippen LogP contribution in [0.5, 0.6) is 0 Å². The number of hydrogen-bond donors (Lipinski definition) is 1. The molecule has 0 atom stereocenters. The van der Waals surface area contributed by atoms with Gasteiger partial charge in [0, 0.05) is 17.0 Å². The van der Waals surface area contributed by atoms with Gasteiger partial charge in [0.05, 0.1) is 25.7 Å². The van der Waals surface area contributed by atoms with Crippen LogP contribution in [0.1, 0.15) is 42.4 Å². The van der Waals surface area contributed by atoms with Crippen molar-refractivity contribution in [3.8, 4) is 0 Å². The zero-order valence-electron chi connectivity index (χ0n) is 15.1. The zero-order chi connectivity index (χ0) is 18.0. The number of nitrogens with one attached hydrogen (secondary N) is 1. The molecule has 1 heterocycles. The van der Waals surface area contributed by atoms with Crippen LogP contribution >= 0.6 is 0 Å². The van der Waals surface area contributed by atoms with E-state index in [9.17, 15) is 9.59 Å². The third-order valence-electron chi connectivity index (χ3n) is 5.32. The maximum Gasteiger partial charge on any atom is 0.308 e. The van der Waals surface area contributed by atoms with Crippen LogP contribution in [-0.4, -0.2) is 25.0 Å². The monoisotopic (exact) mass is 343 g/mol. The molecule has 1 aliphatic rings. The highest BCUT2D eigenvalue weighted by Crippen LogP contribution is 2.28. The van der Waals surface area contributed by atoms with Crippen molar-refractivity contribution in [2.75, 3.05) is 7.11 Å². The Morgan fingerprint density at radius 1 is 1.20 bits per heavy atom. The van der Waals surface area contributed by atoms with Crippen LogP contribution in [0.4, 0.5) is 0 Å². The molecule has 1 N–H and O–H groups in total. The molecule has 1 aromatic carbocycles. The fourth-order valence-electron chi connectivity index (χ4n) is 3.62. The van der Waals surface area contributed by atoms with Gasteiger partial charge in [0.15, 0.2) is 0 Å². The maximum atomic E-state index is 12.4. The van der Waals surface area contributed by atoms with Gasteiger partial charge >= 0.3 is 5.97 Å². The Hall–Kier alpha value is -2.30. The number of amides is 1. The second-order valence-electron chi connectivity index (χ2n) is 6.96. The number of carbonyl (C=O) groups is 2. The van der Waals surface area contributed by atoms with Crippen LogP contribution in [0.15, 0.2) is 22.8 Å². The van der Waals surface area contributed by atoms with Crippen LogP contribution in [0.3, 0.4) is 0 Å². The SMILES string of the molecule is COC(=O)C1CCC(NC(=O)Cc2coc3c(C)c(C)ccc23)CC1. The van der Waals surface area contributed by atoms with Gasteiger partial charge in [-0.05, 0) is 50.7 Å². The molecule has 1 fully saturated rings. The Bertz CT molecular complexity index is 784. The van der Waals surface area contributed by atoms with Crippen molar-refractivity contribution in [2.24, 2.45) is 5.92 Å². The Kier molecular flexibility index (Phi) is 5.11. The van der Waals surface area contributed by atoms with E-state index in [0.717, 1.165) is 47.8 Å². The summed E-state index contributed by atoms with van der Waals surface area (Å²) in [7, 11) is 1.43. The molecule has 2 aromatic rings. The predicted molar refractivity (Wildman–Crippen MR) is 95.3 cm³/mol. The van der Waals surface area contributed by atoms with Crippen molar-refractivity contribution in [1.29, 1.82) is 0 Å². The van der Waals surface area contributed by atoms with Gasteiger partial charge in [-0.1, -0.05) is 12.1 Å². The fraction of sp³-hybridized carbons (Fsp3) is 0.500. The smallest absolute Gasteiger partial charge is 0.308 e. The second-order valence-corrected chi connectivity index (χ2v) is 6.96. The highest BCUT2D eigenvalue weighted by Gasteiger charge is 2.27.